The van der Waals surface area contributed by atoms with E-state index >= 15 is 0 Å². The highest BCUT2D eigenvalue weighted by Crippen LogP contribution is 2.24. The van der Waals surface area contributed by atoms with Crippen molar-refractivity contribution in [2.45, 2.75) is 6.92 Å². The molecular formula is C14H13BO3. The first kappa shape index (κ1) is 12.5. The molecule has 0 saturated carbocycles. The van der Waals surface area contributed by atoms with E-state index in [1.165, 1.54) is 0 Å². The van der Waals surface area contributed by atoms with E-state index in [4.69, 9.17) is 0 Å². The molecule has 2 aromatic carbocycles. The van der Waals surface area contributed by atoms with Crippen LogP contribution in [0.1, 0.15) is 15.9 Å². The first-order valence-electron chi connectivity index (χ1n) is 5.65. The third-order valence-corrected chi connectivity index (χ3v) is 3.03. The van der Waals surface area contributed by atoms with Gasteiger partial charge in [-0.1, -0.05) is 42.5 Å². The predicted octanol–water partition coefficient (Wildman–Crippen LogP) is 1.15. The van der Waals surface area contributed by atoms with Crippen LogP contribution in [0.4, 0.5) is 0 Å². The van der Waals surface area contributed by atoms with Crippen molar-refractivity contribution >= 4 is 18.9 Å². The van der Waals surface area contributed by atoms with Gasteiger partial charge in [-0.3, -0.25) is 4.79 Å². The van der Waals surface area contributed by atoms with Gasteiger partial charge in [-0.15, -0.1) is 0 Å². The topological polar surface area (TPSA) is 57.5 Å². The molecule has 0 amide bonds. The molecule has 2 aromatic rings. The molecule has 0 aliphatic carbocycles. The van der Waals surface area contributed by atoms with Crippen molar-refractivity contribution < 1.29 is 14.8 Å². The summed E-state index contributed by atoms with van der Waals surface area (Å²) >= 11 is 0. The van der Waals surface area contributed by atoms with Crippen molar-refractivity contribution in [1.29, 1.82) is 0 Å². The van der Waals surface area contributed by atoms with Gasteiger partial charge in [0.05, 0.1) is 0 Å². The van der Waals surface area contributed by atoms with E-state index in [1.807, 2.05) is 30.3 Å². The second kappa shape index (κ2) is 5.17. The lowest BCUT2D eigenvalue weighted by atomic mass is 9.75. The van der Waals surface area contributed by atoms with E-state index < -0.39 is 7.12 Å². The van der Waals surface area contributed by atoms with Crippen LogP contribution in [-0.2, 0) is 0 Å². The summed E-state index contributed by atoms with van der Waals surface area (Å²) in [5.74, 6) is 0. The van der Waals surface area contributed by atoms with Gasteiger partial charge in [0.25, 0.3) is 0 Å². The van der Waals surface area contributed by atoms with Crippen LogP contribution in [-0.4, -0.2) is 23.5 Å². The van der Waals surface area contributed by atoms with Crippen molar-refractivity contribution in [2.75, 3.05) is 0 Å². The van der Waals surface area contributed by atoms with E-state index in [2.05, 4.69) is 0 Å². The molecule has 0 fully saturated rings. The van der Waals surface area contributed by atoms with E-state index in [0.717, 1.165) is 16.7 Å². The van der Waals surface area contributed by atoms with Gasteiger partial charge in [-0.05, 0) is 29.1 Å². The number of rotatable bonds is 3. The van der Waals surface area contributed by atoms with Gasteiger partial charge in [-0.2, -0.15) is 0 Å². The van der Waals surface area contributed by atoms with Crippen molar-refractivity contribution in [1.82, 2.24) is 0 Å². The molecule has 2 N–H and O–H groups in total. The summed E-state index contributed by atoms with van der Waals surface area (Å²) in [6.07, 6.45) is 0.663. The highest BCUT2D eigenvalue weighted by molar-refractivity contribution is 6.60. The lowest BCUT2D eigenvalue weighted by molar-refractivity contribution is 0.112. The van der Waals surface area contributed by atoms with Gasteiger partial charge < -0.3 is 10.0 Å². The van der Waals surface area contributed by atoms with Crippen LogP contribution < -0.4 is 5.46 Å². The Kier molecular flexibility index (Phi) is 3.60. The summed E-state index contributed by atoms with van der Waals surface area (Å²) < 4.78 is 0. The second-order valence-corrected chi connectivity index (χ2v) is 4.10. The number of aldehydes is 1. The summed E-state index contributed by atoms with van der Waals surface area (Å²) in [6, 6.07) is 13.0. The van der Waals surface area contributed by atoms with Crippen molar-refractivity contribution in [3.8, 4) is 11.1 Å². The van der Waals surface area contributed by atoms with Crippen molar-refractivity contribution in [3.63, 3.8) is 0 Å². The molecule has 0 aliphatic rings. The summed E-state index contributed by atoms with van der Waals surface area (Å²) in [7, 11) is -1.63. The summed E-state index contributed by atoms with van der Waals surface area (Å²) in [4.78, 5) is 11.1. The van der Waals surface area contributed by atoms with Gasteiger partial charge in [-0.25, -0.2) is 0 Å². The largest absolute Gasteiger partial charge is 0.489 e. The van der Waals surface area contributed by atoms with Gasteiger partial charge in [0, 0.05) is 5.56 Å². The molecule has 0 bridgehead atoms. The van der Waals surface area contributed by atoms with Crippen molar-refractivity contribution in [3.05, 3.63) is 53.6 Å². The number of carbonyl (C=O) groups is 1. The third kappa shape index (κ3) is 2.21. The van der Waals surface area contributed by atoms with Gasteiger partial charge in [0.1, 0.15) is 6.29 Å². The smallest absolute Gasteiger partial charge is 0.423 e. The quantitative estimate of drug-likeness (QED) is 0.625. The Bertz CT molecular complexity index is 565. The molecule has 0 aromatic heterocycles. The maximum Gasteiger partial charge on any atom is 0.489 e. The molecule has 90 valence electrons. The first-order valence-corrected chi connectivity index (χ1v) is 5.65. The Balaban J connectivity index is 2.62. The number of benzene rings is 2. The monoisotopic (exact) mass is 240 g/mol. The molecule has 2 rings (SSSR count). The average molecular weight is 240 g/mol. The van der Waals surface area contributed by atoms with E-state index in [1.54, 1.807) is 19.1 Å². The highest BCUT2D eigenvalue weighted by atomic mass is 16.4. The molecule has 4 heteroatoms. The lowest BCUT2D eigenvalue weighted by Crippen LogP contribution is -2.33. The zero-order valence-corrected chi connectivity index (χ0v) is 10.00. The number of carbonyl (C=O) groups excluding carboxylic acids is 1. The average Bonchev–Trinajstić information content (AvgIpc) is 2.39. The maximum absolute atomic E-state index is 11.1. The fourth-order valence-corrected chi connectivity index (χ4v) is 2.06. The minimum absolute atomic E-state index is 0.238. The molecule has 0 aliphatic heterocycles. The molecular weight excluding hydrogens is 227 g/mol. The third-order valence-electron chi connectivity index (χ3n) is 3.03. The number of hydrogen-bond acceptors (Lipinski definition) is 3. The minimum atomic E-state index is -1.63. The van der Waals surface area contributed by atoms with Crippen LogP contribution >= 0.6 is 0 Å². The zero-order chi connectivity index (χ0) is 13.1. The minimum Gasteiger partial charge on any atom is -0.423 e. The predicted molar refractivity (Wildman–Crippen MR) is 71.8 cm³/mol. The lowest BCUT2D eigenvalue weighted by Gasteiger charge is -2.12. The molecule has 0 atom stereocenters. The Hall–Kier alpha value is -1.91. The summed E-state index contributed by atoms with van der Waals surface area (Å²) in [6.45, 7) is 1.80. The Morgan fingerprint density at radius 2 is 1.72 bits per heavy atom. The van der Waals surface area contributed by atoms with Crippen LogP contribution in [0.15, 0.2) is 42.5 Å². The van der Waals surface area contributed by atoms with Crippen LogP contribution in [0.2, 0.25) is 0 Å². The fourth-order valence-electron chi connectivity index (χ4n) is 2.06. The van der Waals surface area contributed by atoms with Gasteiger partial charge >= 0.3 is 7.12 Å². The molecule has 0 heterocycles. The maximum atomic E-state index is 11.1. The van der Waals surface area contributed by atoms with E-state index in [0.29, 0.717) is 11.8 Å². The van der Waals surface area contributed by atoms with E-state index in [9.17, 15) is 14.8 Å². The van der Waals surface area contributed by atoms with Crippen LogP contribution in [0.5, 0.6) is 0 Å². The van der Waals surface area contributed by atoms with Crippen LogP contribution in [0.25, 0.3) is 11.1 Å². The van der Waals surface area contributed by atoms with Crippen molar-refractivity contribution in [2.24, 2.45) is 0 Å². The van der Waals surface area contributed by atoms with E-state index in [-0.39, 0.29) is 5.46 Å². The Morgan fingerprint density at radius 1 is 1.06 bits per heavy atom. The fraction of sp³-hybridized carbons (Fsp3) is 0.0714. The molecule has 3 nitrogen and oxygen atoms in total. The molecule has 0 spiro atoms. The highest BCUT2D eigenvalue weighted by Gasteiger charge is 2.19. The molecule has 18 heavy (non-hydrogen) atoms. The summed E-state index contributed by atoms with van der Waals surface area (Å²) in [5, 5.41) is 18.4. The Labute approximate surface area is 106 Å². The van der Waals surface area contributed by atoms with Crippen LogP contribution in [0, 0.1) is 6.92 Å². The number of hydrogen-bond donors (Lipinski definition) is 2. The summed E-state index contributed by atoms with van der Waals surface area (Å²) in [5.41, 5.74) is 3.24. The standard InChI is InChI=1S/C14H13BO3/c1-10-12(11-5-3-2-4-6-11)7-8-14(15(17)18)13(10)9-16/h2-9,17-18H,1H3. The molecule has 0 radical (unpaired) electrons. The first-order chi connectivity index (χ1) is 8.65. The van der Waals surface area contributed by atoms with Gasteiger partial charge in [0.15, 0.2) is 0 Å². The Morgan fingerprint density at radius 3 is 2.28 bits per heavy atom. The second-order valence-electron chi connectivity index (χ2n) is 4.10. The molecule has 0 unspecified atom stereocenters. The van der Waals surface area contributed by atoms with Gasteiger partial charge in [0.2, 0.25) is 0 Å². The van der Waals surface area contributed by atoms with Crippen LogP contribution in [0.3, 0.4) is 0 Å². The zero-order valence-electron chi connectivity index (χ0n) is 10.00. The SMILES string of the molecule is Cc1c(-c2ccccc2)ccc(B(O)O)c1C=O. The molecule has 0 saturated heterocycles. The normalized spacial score (nSPS) is 10.2.